The summed E-state index contributed by atoms with van der Waals surface area (Å²) in [4.78, 5) is 27.6. The van der Waals surface area contributed by atoms with E-state index in [-0.39, 0.29) is 24.6 Å². The molecule has 0 radical (unpaired) electrons. The van der Waals surface area contributed by atoms with Gasteiger partial charge in [0.1, 0.15) is 0 Å². The van der Waals surface area contributed by atoms with E-state index in [9.17, 15) is 22.8 Å². The number of hydrogen-bond donors (Lipinski definition) is 2. The molecule has 0 bridgehead atoms. The second kappa shape index (κ2) is 9.48. The van der Waals surface area contributed by atoms with Gasteiger partial charge in [-0.15, -0.1) is 11.3 Å². The molecule has 2 N–H and O–H groups in total. The first-order valence-electron chi connectivity index (χ1n) is 9.31. The first kappa shape index (κ1) is 22.1. The SMILES string of the molecule is COCC(NC(=O)NCC(=O)N1CCc2sccc2C1)c1cccc(C(F)(F)F)c1. The van der Waals surface area contributed by atoms with Crippen molar-refractivity contribution in [3.05, 3.63) is 57.3 Å². The number of urea groups is 1. The number of amides is 3. The number of methoxy groups -OCH3 is 1. The minimum Gasteiger partial charge on any atom is -0.382 e. The number of ether oxygens (including phenoxy) is 1. The molecule has 30 heavy (non-hydrogen) atoms. The van der Waals surface area contributed by atoms with E-state index in [4.69, 9.17) is 4.74 Å². The number of halogens is 3. The smallest absolute Gasteiger partial charge is 0.382 e. The predicted molar refractivity (Wildman–Crippen MR) is 106 cm³/mol. The summed E-state index contributed by atoms with van der Waals surface area (Å²) in [6.07, 6.45) is -3.70. The molecule has 10 heteroatoms. The van der Waals surface area contributed by atoms with Crippen LogP contribution in [0.25, 0.3) is 0 Å². The third-order valence-corrected chi connectivity index (χ3v) is 5.84. The van der Waals surface area contributed by atoms with Gasteiger partial charge in [0.15, 0.2) is 0 Å². The number of nitrogens with one attached hydrogen (secondary N) is 2. The zero-order chi connectivity index (χ0) is 21.7. The Kier molecular flexibility index (Phi) is 6.99. The Morgan fingerprint density at radius 3 is 2.83 bits per heavy atom. The highest BCUT2D eigenvalue weighted by Gasteiger charge is 2.31. The average Bonchev–Trinajstić information content (AvgIpc) is 3.19. The van der Waals surface area contributed by atoms with Crippen molar-refractivity contribution in [3.8, 4) is 0 Å². The van der Waals surface area contributed by atoms with Gasteiger partial charge in [0, 0.05) is 25.1 Å². The lowest BCUT2D eigenvalue weighted by Gasteiger charge is -2.27. The Bertz CT molecular complexity index is 901. The van der Waals surface area contributed by atoms with Crippen molar-refractivity contribution in [3.63, 3.8) is 0 Å². The second-order valence-electron chi connectivity index (χ2n) is 6.89. The van der Waals surface area contributed by atoms with E-state index in [0.717, 1.165) is 24.1 Å². The summed E-state index contributed by atoms with van der Waals surface area (Å²) in [7, 11) is 1.39. The molecule has 2 aromatic rings. The van der Waals surface area contributed by atoms with Crippen LogP contribution in [0.2, 0.25) is 0 Å². The zero-order valence-corrected chi connectivity index (χ0v) is 17.1. The maximum Gasteiger partial charge on any atom is 0.416 e. The third kappa shape index (κ3) is 5.51. The van der Waals surface area contributed by atoms with Crippen molar-refractivity contribution in [2.24, 2.45) is 0 Å². The van der Waals surface area contributed by atoms with E-state index in [1.165, 1.54) is 24.1 Å². The van der Waals surface area contributed by atoms with Crippen LogP contribution in [0.4, 0.5) is 18.0 Å². The van der Waals surface area contributed by atoms with Crippen molar-refractivity contribution in [2.45, 2.75) is 25.2 Å². The van der Waals surface area contributed by atoms with E-state index in [0.29, 0.717) is 13.1 Å². The third-order valence-electron chi connectivity index (χ3n) is 4.82. The summed E-state index contributed by atoms with van der Waals surface area (Å²) >= 11 is 1.67. The summed E-state index contributed by atoms with van der Waals surface area (Å²) in [6.45, 7) is 0.882. The Morgan fingerprint density at radius 2 is 2.10 bits per heavy atom. The maximum atomic E-state index is 13.0. The highest BCUT2D eigenvalue weighted by molar-refractivity contribution is 7.10. The Hall–Kier alpha value is -2.59. The average molecular weight is 441 g/mol. The van der Waals surface area contributed by atoms with Gasteiger partial charge in [-0.1, -0.05) is 12.1 Å². The molecule has 1 aliphatic rings. The molecule has 0 fully saturated rings. The van der Waals surface area contributed by atoms with Crippen molar-refractivity contribution >= 4 is 23.3 Å². The predicted octanol–water partition coefficient (Wildman–Crippen LogP) is 3.34. The number of hydrogen-bond acceptors (Lipinski definition) is 4. The number of fused-ring (bicyclic) bond motifs is 1. The van der Waals surface area contributed by atoms with Crippen LogP contribution in [0, 0.1) is 0 Å². The number of benzene rings is 1. The van der Waals surface area contributed by atoms with Gasteiger partial charge in [0.2, 0.25) is 5.91 Å². The minimum absolute atomic E-state index is 0.0181. The number of nitrogens with zero attached hydrogens (tertiary/aromatic N) is 1. The Morgan fingerprint density at radius 1 is 1.30 bits per heavy atom. The first-order chi connectivity index (χ1) is 14.3. The lowest BCUT2D eigenvalue weighted by Crippen LogP contribution is -2.46. The highest BCUT2D eigenvalue weighted by atomic mass is 32.1. The number of rotatable bonds is 6. The molecule has 162 valence electrons. The fraction of sp³-hybridized carbons (Fsp3) is 0.400. The highest BCUT2D eigenvalue weighted by Crippen LogP contribution is 2.31. The summed E-state index contributed by atoms with van der Waals surface area (Å²) in [5.41, 5.74) is 0.569. The summed E-state index contributed by atoms with van der Waals surface area (Å²) in [5.74, 6) is -0.218. The first-order valence-corrected chi connectivity index (χ1v) is 10.2. The van der Waals surface area contributed by atoms with Gasteiger partial charge in [-0.25, -0.2) is 4.79 Å². The monoisotopic (exact) mass is 441 g/mol. The Labute approximate surface area is 176 Å². The standard InChI is InChI=1S/C20H22F3N3O3S/c1-29-12-16(13-3-2-4-15(9-13)20(21,22)23)25-19(28)24-10-18(27)26-7-5-17-14(11-26)6-8-30-17/h2-4,6,8-9,16H,5,7,10-12H2,1H3,(H2,24,25,28). The van der Waals surface area contributed by atoms with Crippen molar-refractivity contribution in [1.29, 1.82) is 0 Å². The number of carbonyl (C=O) groups is 2. The van der Waals surface area contributed by atoms with Crippen LogP contribution in [0.1, 0.15) is 27.6 Å². The Balaban J connectivity index is 1.56. The minimum atomic E-state index is -4.49. The maximum absolute atomic E-state index is 13.0. The normalized spacial score (nSPS) is 14.7. The van der Waals surface area contributed by atoms with Gasteiger partial charge in [0.05, 0.1) is 24.8 Å². The topological polar surface area (TPSA) is 70.7 Å². The molecular formula is C20H22F3N3O3S. The fourth-order valence-electron chi connectivity index (χ4n) is 3.26. The van der Waals surface area contributed by atoms with Crippen LogP contribution in [0.5, 0.6) is 0 Å². The lowest BCUT2D eigenvalue weighted by molar-refractivity contribution is -0.137. The molecule has 1 aromatic heterocycles. The molecule has 0 saturated carbocycles. The molecule has 2 heterocycles. The number of carbonyl (C=O) groups excluding carboxylic acids is 2. The largest absolute Gasteiger partial charge is 0.416 e. The van der Waals surface area contributed by atoms with Gasteiger partial charge < -0.3 is 20.3 Å². The van der Waals surface area contributed by atoms with E-state index < -0.39 is 23.8 Å². The molecule has 1 aromatic carbocycles. The van der Waals surface area contributed by atoms with Gasteiger partial charge in [0.25, 0.3) is 0 Å². The molecular weight excluding hydrogens is 419 g/mol. The molecule has 1 atom stereocenters. The number of alkyl halides is 3. The van der Waals surface area contributed by atoms with E-state index in [1.807, 2.05) is 11.4 Å². The summed E-state index contributed by atoms with van der Waals surface area (Å²) in [5, 5.41) is 7.05. The van der Waals surface area contributed by atoms with Crippen molar-refractivity contribution in [1.82, 2.24) is 15.5 Å². The molecule has 3 rings (SSSR count). The molecule has 0 spiro atoms. The van der Waals surface area contributed by atoms with Gasteiger partial charge in [-0.3, -0.25) is 4.79 Å². The van der Waals surface area contributed by atoms with E-state index in [2.05, 4.69) is 10.6 Å². The van der Waals surface area contributed by atoms with E-state index in [1.54, 1.807) is 16.2 Å². The molecule has 6 nitrogen and oxygen atoms in total. The molecule has 0 saturated heterocycles. The van der Waals surface area contributed by atoms with Crippen LogP contribution in [-0.4, -0.2) is 43.6 Å². The quantitative estimate of drug-likeness (QED) is 0.723. The van der Waals surface area contributed by atoms with Gasteiger partial charge in [-0.2, -0.15) is 13.2 Å². The second-order valence-corrected chi connectivity index (χ2v) is 7.89. The van der Waals surface area contributed by atoms with Gasteiger partial charge in [-0.05, 0) is 41.1 Å². The van der Waals surface area contributed by atoms with Gasteiger partial charge >= 0.3 is 12.2 Å². The lowest BCUT2D eigenvalue weighted by atomic mass is 10.0. The molecule has 3 amide bonds. The molecule has 1 aliphatic heterocycles. The summed E-state index contributed by atoms with van der Waals surface area (Å²) in [6, 6.07) is 5.23. The van der Waals surface area contributed by atoms with Crippen LogP contribution in [0.15, 0.2) is 35.7 Å². The summed E-state index contributed by atoms with van der Waals surface area (Å²) < 4.78 is 43.9. The van der Waals surface area contributed by atoms with Crippen LogP contribution in [-0.2, 0) is 28.7 Å². The van der Waals surface area contributed by atoms with Crippen molar-refractivity contribution in [2.75, 3.05) is 26.8 Å². The molecule has 0 aliphatic carbocycles. The van der Waals surface area contributed by atoms with Crippen LogP contribution < -0.4 is 10.6 Å². The zero-order valence-electron chi connectivity index (χ0n) is 16.3. The van der Waals surface area contributed by atoms with Crippen molar-refractivity contribution < 1.29 is 27.5 Å². The molecule has 1 unspecified atom stereocenters. The van der Waals surface area contributed by atoms with Crippen LogP contribution in [0.3, 0.4) is 0 Å². The number of thiophene rings is 1. The van der Waals surface area contributed by atoms with Crippen LogP contribution >= 0.6 is 11.3 Å². The van der Waals surface area contributed by atoms with E-state index >= 15 is 0 Å². The fourth-order valence-corrected chi connectivity index (χ4v) is 4.15.